The Labute approximate surface area is 190 Å². The molecule has 0 aliphatic rings. The smallest absolute Gasteiger partial charge is 0.573 e. The summed E-state index contributed by atoms with van der Waals surface area (Å²) in [5, 5.41) is 12.7. The van der Waals surface area contributed by atoms with Crippen LogP contribution in [0.5, 0.6) is 17.2 Å². The lowest BCUT2D eigenvalue weighted by atomic mass is 10.1. The van der Waals surface area contributed by atoms with Crippen molar-refractivity contribution in [1.29, 1.82) is 0 Å². The Hall–Kier alpha value is -3.74. The number of hydrogen-bond acceptors (Lipinski definition) is 4. The van der Waals surface area contributed by atoms with Gasteiger partial charge in [-0.15, -0.1) is 13.2 Å². The van der Waals surface area contributed by atoms with Gasteiger partial charge in [-0.25, -0.2) is 4.39 Å². The fraction of sp³-hybridized carbons (Fsp3) is 0.100. The Morgan fingerprint density at radius 2 is 1.71 bits per heavy atom. The maximum atomic E-state index is 13.5. The standard InChI is InChI=1S/C20H10ClF7N2O4/c21-14-7-12(18(31)29-11-2-1-5-30(32)9-11)16(8-13(14)19(23,24)25)33-15-4-3-10(22)6-17(15)34-20(26,27)28/h1-9H,(H,29,31). The minimum atomic E-state index is -5.29. The largest absolute Gasteiger partial charge is 0.619 e. The van der Waals surface area contributed by atoms with Crippen LogP contribution in [-0.4, -0.2) is 12.3 Å². The summed E-state index contributed by atoms with van der Waals surface area (Å²) < 4.78 is 101. The summed E-state index contributed by atoms with van der Waals surface area (Å²) in [7, 11) is 0. The van der Waals surface area contributed by atoms with Crippen molar-refractivity contribution in [3.8, 4) is 17.2 Å². The molecular formula is C20H10ClF7N2O4. The minimum absolute atomic E-state index is 0.0626. The molecule has 0 bridgehead atoms. The van der Waals surface area contributed by atoms with Crippen LogP contribution in [0.15, 0.2) is 54.9 Å². The summed E-state index contributed by atoms with van der Waals surface area (Å²) >= 11 is 5.67. The molecule has 0 aliphatic heterocycles. The number of nitrogens with zero attached hydrogens (tertiary/aromatic N) is 1. The van der Waals surface area contributed by atoms with Gasteiger partial charge in [0.15, 0.2) is 17.7 Å². The zero-order chi connectivity index (χ0) is 25.3. The number of carbonyl (C=O) groups excluding carboxylic acids is 1. The molecule has 1 heterocycles. The highest BCUT2D eigenvalue weighted by atomic mass is 35.5. The highest BCUT2D eigenvalue weighted by Crippen LogP contribution is 2.42. The molecule has 0 saturated heterocycles. The van der Waals surface area contributed by atoms with Crippen molar-refractivity contribution >= 4 is 23.2 Å². The zero-order valence-electron chi connectivity index (χ0n) is 16.3. The third-order valence-electron chi connectivity index (χ3n) is 4.00. The predicted molar refractivity (Wildman–Crippen MR) is 103 cm³/mol. The number of benzene rings is 2. The molecule has 6 nitrogen and oxygen atoms in total. The first kappa shape index (κ1) is 24.9. The topological polar surface area (TPSA) is 74.5 Å². The minimum Gasteiger partial charge on any atom is -0.619 e. The number of pyridine rings is 1. The molecule has 0 atom stereocenters. The van der Waals surface area contributed by atoms with E-state index in [-0.39, 0.29) is 11.8 Å². The van der Waals surface area contributed by atoms with Crippen molar-refractivity contribution in [3.05, 3.63) is 82.0 Å². The number of hydrogen-bond donors (Lipinski definition) is 1. The molecular weight excluding hydrogens is 501 g/mol. The number of ether oxygens (including phenoxy) is 2. The zero-order valence-corrected chi connectivity index (χ0v) is 17.1. The number of nitrogens with one attached hydrogen (secondary N) is 1. The van der Waals surface area contributed by atoms with Gasteiger partial charge in [-0.2, -0.15) is 17.9 Å². The predicted octanol–water partition coefficient (Wildman–Crippen LogP) is 6.07. The number of anilines is 1. The van der Waals surface area contributed by atoms with E-state index in [2.05, 4.69) is 10.1 Å². The number of carbonyl (C=O) groups is 1. The van der Waals surface area contributed by atoms with Crippen molar-refractivity contribution < 1.29 is 49.7 Å². The van der Waals surface area contributed by atoms with E-state index in [0.29, 0.717) is 29.0 Å². The average Bonchev–Trinajstić information content (AvgIpc) is 2.68. The summed E-state index contributed by atoms with van der Waals surface area (Å²) in [4.78, 5) is 12.7. The quantitative estimate of drug-likeness (QED) is 0.257. The number of alkyl halides is 6. The lowest BCUT2D eigenvalue weighted by molar-refractivity contribution is -0.604. The van der Waals surface area contributed by atoms with Crippen LogP contribution in [0.3, 0.4) is 0 Å². The van der Waals surface area contributed by atoms with Crippen LogP contribution < -0.4 is 19.5 Å². The molecule has 3 rings (SSSR count). The van der Waals surface area contributed by atoms with Crippen LogP contribution in [0.2, 0.25) is 5.02 Å². The van der Waals surface area contributed by atoms with Crippen LogP contribution >= 0.6 is 11.6 Å². The van der Waals surface area contributed by atoms with Gasteiger partial charge in [-0.3, -0.25) is 4.79 Å². The number of halogens is 8. The molecule has 0 fully saturated rings. The van der Waals surface area contributed by atoms with Gasteiger partial charge in [0, 0.05) is 12.1 Å². The fourth-order valence-corrected chi connectivity index (χ4v) is 2.92. The van der Waals surface area contributed by atoms with E-state index in [1.54, 1.807) is 0 Å². The summed E-state index contributed by atoms with van der Waals surface area (Å²) in [5.74, 6) is -5.21. The Bertz CT molecular complexity index is 1230. The Morgan fingerprint density at radius 3 is 2.32 bits per heavy atom. The van der Waals surface area contributed by atoms with E-state index in [1.807, 2.05) is 0 Å². The Morgan fingerprint density at radius 1 is 1.00 bits per heavy atom. The van der Waals surface area contributed by atoms with E-state index in [4.69, 9.17) is 16.3 Å². The second kappa shape index (κ2) is 9.25. The first-order chi connectivity index (χ1) is 15.7. The van der Waals surface area contributed by atoms with Crippen LogP contribution in [0, 0.1) is 11.0 Å². The molecule has 3 aromatic rings. The van der Waals surface area contributed by atoms with Gasteiger partial charge in [0.1, 0.15) is 17.3 Å². The van der Waals surface area contributed by atoms with Gasteiger partial charge in [0.05, 0.1) is 16.1 Å². The Balaban J connectivity index is 2.09. The van der Waals surface area contributed by atoms with Gasteiger partial charge in [-0.05, 0) is 30.3 Å². The molecule has 14 heteroatoms. The summed E-state index contributed by atoms with van der Waals surface area (Å²) in [6, 6.07) is 5.04. The maximum Gasteiger partial charge on any atom is 0.573 e. The molecule has 0 saturated carbocycles. The highest BCUT2D eigenvalue weighted by Gasteiger charge is 2.36. The molecule has 2 aromatic carbocycles. The van der Waals surface area contributed by atoms with E-state index >= 15 is 0 Å². The van der Waals surface area contributed by atoms with Gasteiger partial charge < -0.3 is 20.0 Å². The van der Waals surface area contributed by atoms with Gasteiger partial charge in [0.25, 0.3) is 5.91 Å². The van der Waals surface area contributed by atoms with E-state index < -0.39 is 57.7 Å². The molecule has 1 amide bonds. The van der Waals surface area contributed by atoms with Crippen molar-refractivity contribution in [3.63, 3.8) is 0 Å². The third kappa shape index (κ3) is 6.19. The molecule has 1 aromatic heterocycles. The molecule has 0 spiro atoms. The van der Waals surface area contributed by atoms with Gasteiger partial charge in [-0.1, -0.05) is 11.6 Å². The fourth-order valence-electron chi connectivity index (χ4n) is 2.65. The number of aromatic nitrogens is 1. The molecule has 34 heavy (non-hydrogen) atoms. The summed E-state index contributed by atoms with van der Waals surface area (Å²) in [6.07, 6.45) is -8.29. The van der Waals surface area contributed by atoms with Gasteiger partial charge >= 0.3 is 12.5 Å². The third-order valence-corrected chi connectivity index (χ3v) is 4.32. The SMILES string of the molecule is O=C(Nc1ccc[n+]([O-])c1)c1cc(Cl)c(C(F)(F)F)cc1Oc1ccc(F)cc1OC(F)(F)F. The lowest BCUT2D eigenvalue weighted by Crippen LogP contribution is -2.25. The first-order valence-corrected chi connectivity index (χ1v) is 9.25. The molecule has 0 unspecified atom stereocenters. The van der Waals surface area contributed by atoms with Crippen molar-refractivity contribution in [2.75, 3.05) is 5.32 Å². The average molecular weight is 511 g/mol. The van der Waals surface area contributed by atoms with Gasteiger partial charge in [0.2, 0.25) is 6.20 Å². The number of amides is 1. The van der Waals surface area contributed by atoms with E-state index in [1.165, 1.54) is 12.1 Å². The van der Waals surface area contributed by atoms with Crippen molar-refractivity contribution in [2.45, 2.75) is 12.5 Å². The van der Waals surface area contributed by atoms with Crippen LogP contribution in [0.1, 0.15) is 15.9 Å². The highest BCUT2D eigenvalue weighted by molar-refractivity contribution is 6.32. The maximum absolute atomic E-state index is 13.5. The molecule has 1 N–H and O–H groups in total. The Kier molecular flexibility index (Phi) is 6.77. The molecule has 180 valence electrons. The van der Waals surface area contributed by atoms with Crippen molar-refractivity contribution in [1.82, 2.24) is 0 Å². The first-order valence-electron chi connectivity index (χ1n) is 8.87. The monoisotopic (exact) mass is 510 g/mol. The van der Waals surface area contributed by atoms with E-state index in [9.17, 15) is 40.7 Å². The summed E-state index contributed by atoms with van der Waals surface area (Å²) in [5.41, 5.74) is -2.16. The van der Waals surface area contributed by atoms with Crippen LogP contribution in [0.4, 0.5) is 36.4 Å². The lowest BCUT2D eigenvalue weighted by Gasteiger charge is -2.18. The summed E-state index contributed by atoms with van der Waals surface area (Å²) in [6.45, 7) is 0. The molecule has 0 aliphatic carbocycles. The van der Waals surface area contributed by atoms with E-state index in [0.717, 1.165) is 12.4 Å². The second-order valence-electron chi connectivity index (χ2n) is 6.47. The van der Waals surface area contributed by atoms with Crippen molar-refractivity contribution in [2.24, 2.45) is 0 Å². The molecule has 0 radical (unpaired) electrons. The second-order valence-corrected chi connectivity index (χ2v) is 6.88. The van der Waals surface area contributed by atoms with Crippen LogP contribution in [0.25, 0.3) is 0 Å². The number of rotatable bonds is 5. The normalized spacial score (nSPS) is 11.8. The van der Waals surface area contributed by atoms with Crippen LogP contribution in [-0.2, 0) is 6.18 Å².